The van der Waals surface area contributed by atoms with E-state index >= 15 is 0 Å². The molecule has 0 aliphatic carbocycles. The number of hydrogen-bond donors (Lipinski definition) is 2. The number of benzene rings is 1. The van der Waals surface area contributed by atoms with E-state index in [4.69, 9.17) is 13.9 Å². The highest BCUT2D eigenvalue weighted by atomic mass is 16.5. The average molecular weight is 333 g/mol. The molecule has 1 aromatic carbocycles. The molecule has 24 heavy (non-hydrogen) atoms. The lowest BCUT2D eigenvalue weighted by molar-refractivity contribution is 0.147. The summed E-state index contributed by atoms with van der Waals surface area (Å²) in [6.45, 7) is 6.07. The van der Waals surface area contributed by atoms with Gasteiger partial charge in [0.15, 0.2) is 11.5 Å². The fourth-order valence-corrected chi connectivity index (χ4v) is 2.28. The van der Waals surface area contributed by atoms with E-state index in [0.717, 1.165) is 23.5 Å². The largest absolute Gasteiger partial charge is 0.493 e. The number of ether oxygens (including phenoxy) is 2. The number of aliphatic hydroxyl groups is 1. The Morgan fingerprint density at radius 1 is 1.21 bits per heavy atom. The predicted molar refractivity (Wildman–Crippen MR) is 93.3 cm³/mol. The molecule has 0 saturated heterocycles. The molecular weight excluding hydrogens is 306 g/mol. The van der Waals surface area contributed by atoms with Crippen LogP contribution in [-0.2, 0) is 6.54 Å². The third-order valence-corrected chi connectivity index (χ3v) is 3.72. The van der Waals surface area contributed by atoms with Crippen LogP contribution in [0.15, 0.2) is 41.0 Å². The van der Waals surface area contributed by atoms with E-state index in [1.54, 1.807) is 25.5 Å². The fraction of sp³-hybridized carbons (Fsp3) is 0.474. The van der Waals surface area contributed by atoms with Gasteiger partial charge in [-0.25, -0.2) is 0 Å². The van der Waals surface area contributed by atoms with Crippen LogP contribution in [0.3, 0.4) is 0 Å². The van der Waals surface area contributed by atoms with E-state index in [0.29, 0.717) is 31.4 Å². The molecule has 0 amide bonds. The summed E-state index contributed by atoms with van der Waals surface area (Å²) >= 11 is 0. The molecule has 5 nitrogen and oxygen atoms in total. The zero-order valence-electron chi connectivity index (χ0n) is 14.6. The van der Waals surface area contributed by atoms with Gasteiger partial charge in [-0.05, 0) is 42.2 Å². The van der Waals surface area contributed by atoms with Gasteiger partial charge in [0.05, 0.1) is 20.0 Å². The van der Waals surface area contributed by atoms with Crippen LogP contribution < -0.4 is 14.8 Å². The van der Waals surface area contributed by atoms with Crippen LogP contribution in [-0.4, -0.2) is 25.4 Å². The molecule has 0 radical (unpaired) electrons. The van der Waals surface area contributed by atoms with Crippen molar-refractivity contribution in [2.24, 2.45) is 5.92 Å². The van der Waals surface area contributed by atoms with Crippen LogP contribution >= 0.6 is 0 Å². The number of rotatable bonds is 10. The maximum atomic E-state index is 9.97. The van der Waals surface area contributed by atoms with E-state index in [9.17, 15) is 5.11 Å². The van der Waals surface area contributed by atoms with Gasteiger partial charge in [0.1, 0.15) is 11.9 Å². The lowest BCUT2D eigenvalue weighted by atomic mass is 10.1. The Hall–Kier alpha value is -1.98. The molecule has 0 aliphatic heterocycles. The molecular formula is C19H27NO4. The zero-order chi connectivity index (χ0) is 17.4. The Kier molecular flexibility index (Phi) is 7.15. The van der Waals surface area contributed by atoms with Gasteiger partial charge in [0.25, 0.3) is 0 Å². The second-order valence-corrected chi connectivity index (χ2v) is 6.18. The van der Waals surface area contributed by atoms with E-state index in [2.05, 4.69) is 19.2 Å². The number of methoxy groups -OCH3 is 1. The molecule has 2 aromatic rings. The number of furan rings is 1. The number of aliphatic hydroxyl groups excluding tert-OH is 1. The highest BCUT2D eigenvalue weighted by Crippen LogP contribution is 2.28. The van der Waals surface area contributed by atoms with Crippen molar-refractivity contribution in [3.8, 4) is 11.5 Å². The van der Waals surface area contributed by atoms with Gasteiger partial charge in [0, 0.05) is 13.1 Å². The first-order chi connectivity index (χ1) is 11.6. The van der Waals surface area contributed by atoms with Crippen molar-refractivity contribution in [3.05, 3.63) is 47.9 Å². The van der Waals surface area contributed by atoms with E-state index < -0.39 is 6.10 Å². The summed E-state index contributed by atoms with van der Waals surface area (Å²) in [5, 5.41) is 13.2. The van der Waals surface area contributed by atoms with Crippen LogP contribution in [0, 0.1) is 5.92 Å². The van der Waals surface area contributed by atoms with Crippen LogP contribution in [0.25, 0.3) is 0 Å². The third-order valence-electron chi connectivity index (χ3n) is 3.72. The lowest BCUT2D eigenvalue weighted by Gasteiger charge is -2.14. The molecule has 0 saturated carbocycles. The standard InChI is InChI=1S/C19H27NO4/c1-14(2)8-10-24-18-7-6-15(11-19(18)22-3)12-20-13-16(21)17-5-4-9-23-17/h4-7,9,11,14,16,20-21H,8,10,12-13H2,1-3H3. The minimum atomic E-state index is -0.652. The van der Waals surface area contributed by atoms with Gasteiger partial charge in [0.2, 0.25) is 0 Å². The summed E-state index contributed by atoms with van der Waals surface area (Å²) in [7, 11) is 1.64. The van der Waals surface area contributed by atoms with Crippen LogP contribution in [0.4, 0.5) is 0 Å². The quantitative estimate of drug-likeness (QED) is 0.696. The van der Waals surface area contributed by atoms with Crippen molar-refractivity contribution in [1.29, 1.82) is 0 Å². The summed E-state index contributed by atoms with van der Waals surface area (Å²) in [6.07, 6.45) is 1.92. The Morgan fingerprint density at radius 3 is 2.71 bits per heavy atom. The second-order valence-electron chi connectivity index (χ2n) is 6.18. The van der Waals surface area contributed by atoms with Crippen molar-refractivity contribution < 1.29 is 19.0 Å². The molecule has 1 heterocycles. The Balaban J connectivity index is 1.84. The Bertz CT molecular complexity index is 595. The molecule has 2 rings (SSSR count). The SMILES string of the molecule is COc1cc(CNCC(O)c2ccco2)ccc1OCCC(C)C. The maximum absolute atomic E-state index is 9.97. The summed E-state index contributed by atoms with van der Waals surface area (Å²) in [5.74, 6) is 2.66. The van der Waals surface area contributed by atoms with Gasteiger partial charge in [-0.1, -0.05) is 19.9 Å². The van der Waals surface area contributed by atoms with Gasteiger partial charge in [-0.15, -0.1) is 0 Å². The minimum Gasteiger partial charge on any atom is -0.493 e. The highest BCUT2D eigenvalue weighted by Gasteiger charge is 2.10. The van der Waals surface area contributed by atoms with Gasteiger partial charge in [-0.3, -0.25) is 0 Å². The molecule has 0 bridgehead atoms. The smallest absolute Gasteiger partial charge is 0.161 e. The summed E-state index contributed by atoms with van der Waals surface area (Å²) in [4.78, 5) is 0. The van der Waals surface area contributed by atoms with Gasteiger partial charge < -0.3 is 24.3 Å². The topological polar surface area (TPSA) is 63.9 Å². The molecule has 5 heteroatoms. The monoisotopic (exact) mass is 333 g/mol. The predicted octanol–water partition coefficient (Wildman–Crippen LogP) is 3.54. The van der Waals surface area contributed by atoms with E-state index in [-0.39, 0.29) is 0 Å². The van der Waals surface area contributed by atoms with E-state index in [1.807, 2.05) is 18.2 Å². The molecule has 1 aromatic heterocycles. The molecule has 1 atom stereocenters. The Labute approximate surface area is 143 Å². The van der Waals surface area contributed by atoms with Crippen LogP contribution in [0.5, 0.6) is 11.5 Å². The minimum absolute atomic E-state index is 0.419. The van der Waals surface area contributed by atoms with Crippen molar-refractivity contribution in [2.75, 3.05) is 20.3 Å². The normalized spacial score (nSPS) is 12.4. The first-order valence-corrected chi connectivity index (χ1v) is 8.32. The Morgan fingerprint density at radius 2 is 2.04 bits per heavy atom. The third kappa shape index (κ3) is 5.58. The second kappa shape index (κ2) is 9.35. The molecule has 132 valence electrons. The molecule has 0 spiro atoms. The van der Waals surface area contributed by atoms with Crippen molar-refractivity contribution in [1.82, 2.24) is 5.32 Å². The average Bonchev–Trinajstić information content (AvgIpc) is 3.10. The van der Waals surface area contributed by atoms with E-state index in [1.165, 1.54) is 0 Å². The first-order valence-electron chi connectivity index (χ1n) is 8.32. The molecule has 1 unspecified atom stereocenters. The molecule has 0 aliphatic rings. The van der Waals surface area contributed by atoms with Crippen molar-refractivity contribution in [3.63, 3.8) is 0 Å². The summed E-state index contributed by atoms with van der Waals surface area (Å²) in [6, 6.07) is 9.41. The molecule has 0 fully saturated rings. The van der Waals surface area contributed by atoms with Gasteiger partial charge >= 0.3 is 0 Å². The van der Waals surface area contributed by atoms with Crippen LogP contribution in [0.2, 0.25) is 0 Å². The van der Waals surface area contributed by atoms with Crippen molar-refractivity contribution >= 4 is 0 Å². The maximum Gasteiger partial charge on any atom is 0.161 e. The summed E-state index contributed by atoms with van der Waals surface area (Å²) < 4.78 is 16.4. The highest BCUT2D eigenvalue weighted by molar-refractivity contribution is 5.42. The number of nitrogens with one attached hydrogen (secondary N) is 1. The molecule has 2 N–H and O–H groups in total. The number of hydrogen-bond acceptors (Lipinski definition) is 5. The van der Waals surface area contributed by atoms with Gasteiger partial charge in [-0.2, -0.15) is 0 Å². The lowest BCUT2D eigenvalue weighted by Crippen LogP contribution is -2.20. The van der Waals surface area contributed by atoms with Crippen LogP contribution in [0.1, 0.15) is 37.7 Å². The summed E-state index contributed by atoms with van der Waals surface area (Å²) in [5.41, 5.74) is 1.06. The fourth-order valence-electron chi connectivity index (χ4n) is 2.28. The first kappa shape index (κ1) is 18.4. The van der Waals surface area contributed by atoms with Crippen molar-refractivity contribution in [2.45, 2.75) is 32.9 Å². The zero-order valence-corrected chi connectivity index (χ0v) is 14.6.